The summed E-state index contributed by atoms with van der Waals surface area (Å²) in [6.07, 6.45) is 8.46. The van der Waals surface area contributed by atoms with Gasteiger partial charge in [-0.15, -0.1) is 0 Å². The van der Waals surface area contributed by atoms with Gasteiger partial charge < -0.3 is 29.5 Å². The lowest BCUT2D eigenvalue weighted by Crippen LogP contribution is -2.48. The number of aromatic nitrogens is 5. The van der Waals surface area contributed by atoms with Crippen molar-refractivity contribution in [2.75, 3.05) is 76.2 Å². The Morgan fingerprint density at radius 1 is 0.974 bits per heavy atom. The molecule has 0 aromatic carbocycles. The number of hydrogen-bond acceptors (Lipinski definition) is 9. The number of nitrogens with one attached hydrogen (secondary N) is 1. The number of imidazole rings is 1. The van der Waals surface area contributed by atoms with Crippen LogP contribution in [-0.4, -0.2) is 111 Å². The highest BCUT2D eigenvalue weighted by molar-refractivity contribution is 5.93. The van der Waals surface area contributed by atoms with Crippen LogP contribution in [0, 0.1) is 0 Å². The first kappa shape index (κ1) is 25.0. The predicted octanol–water partition coefficient (Wildman–Crippen LogP) is 2.61. The van der Waals surface area contributed by atoms with E-state index >= 15 is 0 Å². The summed E-state index contributed by atoms with van der Waals surface area (Å²) in [6, 6.07) is 4.14. The zero-order chi connectivity index (χ0) is 26.1. The summed E-state index contributed by atoms with van der Waals surface area (Å²) >= 11 is 0. The molecule has 3 fully saturated rings. The van der Waals surface area contributed by atoms with E-state index in [4.69, 9.17) is 15.0 Å². The molecule has 0 atom stereocenters. The zero-order valence-corrected chi connectivity index (χ0v) is 22.5. The Morgan fingerprint density at radius 2 is 1.74 bits per heavy atom. The van der Waals surface area contributed by atoms with Gasteiger partial charge in [-0.25, -0.2) is 9.97 Å². The quantitative estimate of drug-likeness (QED) is 0.528. The van der Waals surface area contributed by atoms with E-state index in [1.165, 1.54) is 12.8 Å². The molecule has 1 N–H and O–H groups in total. The van der Waals surface area contributed by atoms with Crippen molar-refractivity contribution in [2.24, 2.45) is 0 Å². The lowest BCUT2D eigenvalue weighted by Gasteiger charge is -2.33. The third-order valence-corrected chi connectivity index (χ3v) is 8.27. The van der Waals surface area contributed by atoms with E-state index in [2.05, 4.69) is 43.5 Å². The first-order valence-electron chi connectivity index (χ1n) is 14.0. The Balaban J connectivity index is 1.25. The summed E-state index contributed by atoms with van der Waals surface area (Å²) in [4.78, 5) is 41.0. The van der Waals surface area contributed by atoms with Crippen molar-refractivity contribution >= 4 is 34.5 Å². The molecule has 38 heavy (non-hydrogen) atoms. The Kier molecular flexibility index (Phi) is 7.12. The molecule has 3 aromatic heterocycles. The number of carbonyl (C=O) groups is 1. The number of fused-ring (bicyclic) bond motifs is 1. The number of pyridine rings is 1. The number of hydrogen-bond donors (Lipinski definition) is 1. The van der Waals surface area contributed by atoms with Crippen LogP contribution in [-0.2, 0) is 0 Å². The van der Waals surface area contributed by atoms with E-state index in [1.807, 2.05) is 17.3 Å². The molecule has 0 bridgehead atoms. The first-order valence-corrected chi connectivity index (χ1v) is 14.0. The first-order chi connectivity index (χ1) is 18.6. The Hall–Kier alpha value is -3.31. The van der Waals surface area contributed by atoms with Crippen molar-refractivity contribution in [1.29, 1.82) is 0 Å². The highest BCUT2D eigenvalue weighted by atomic mass is 16.2. The predicted molar refractivity (Wildman–Crippen MR) is 148 cm³/mol. The summed E-state index contributed by atoms with van der Waals surface area (Å²) in [5.74, 6) is 1.40. The van der Waals surface area contributed by atoms with Crippen molar-refractivity contribution in [3.63, 3.8) is 0 Å². The molecular formula is C27H38N10O. The van der Waals surface area contributed by atoms with E-state index < -0.39 is 0 Å². The summed E-state index contributed by atoms with van der Waals surface area (Å²) in [7, 11) is 2.15. The Morgan fingerprint density at radius 3 is 2.42 bits per heavy atom. The number of nitrogens with zero attached hydrogens (tertiary/aromatic N) is 9. The molecule has 1 saturated carbocycles. The van der Waals surface area contributed by atoms with Crippen molar-refractivity contribution < 1.29 is 4.79 Å². The molecule has 11 heteroatoms. The van der Waals surface area contributed by atoms with Crippen molar-refractivity contribution in [1.82, 2.24) is 39.2 Å². The number of piperazine rings is 2. The van der Waals surface area contributed by atoms with Gasteiger partial charge in [0.2, 0.25) is 5.95 Å². The second-order valence-electron chi connectivity index (χ2n) is 10.7. The minimum atomic E-state index is -0.00983. The SMILES string of the molecule is CCN1CCN(C(=O)c2ccc(Nc3nc(N4CCN(C)CC4)nc4c3ncn4C3CCCC3)cn2)CC1. The molecule has 5 heterocycles. The monoisotopic (exact) mass is 518 g/mol. The average Bonchev–Trinajstić information content (AvgIpc) is 3.64. The fourth-order valence-electron chi connectivity index (χ4n) is 5.75. The molecule has 1 aliphatic carbocycles. The summed E-state index contributed by atoms with van der Waals surface area (Å²) in [5, 5.41) is 3.44. The van der Waals surface area contributed by atoms with Gasteiger partial charge in [-0.1, -0.05) is 19.8 Å². The lowest BCUT2D eigenvalue weighted by atomic mass is 10.2. The van der Waals surface area contributed by atoms with E-state index in [0.29, 0.717) is 17.6 Å². The maximum atomic E-state index is 13.0. The number of likely N-dealkylation sites (N-methyl/N-ethyl adjacent to an activating group) is 2. The van der Waals surface area contributed by atoms with Gasteiger partial charge in [0.25, 0.3) is 5.91 Å². The van der Waals surface area contributed by atoms with Crippen molar-refractivity contribution in [2.45, 2.75) is 38.6 Å². The van der Waals surface area contributed by atoms with Crippen LogP contribution in [0.15, 0.2) is 24.7 Å². The van der Waals surface area contributed by atoms with Crippen LogP contribution in [0.25, 0.3) is 11.2 Å². The van der Waals surface area contributed by atoms with Gasteiger partial charge in [0.15, 0.2) is 17.0 Å². The molecule has 1 amide bonds. The second kappa shape index (κ2) is 10.8. The number of rotatable bonds is 6. The van der Waals surface area contributed by atoms with Gasteiger partial charge in [-0.3, -0.25) is 4.79 Å². The molecule has 0 unspecified atom stereocenters. The largest absolute Gasteiger partial charge is 0.338 e. The minimum Gasteiger partial charge on any atom is -0.338 e. The molecule has 6 rings (SSSR count). The molecule has 2 saturated heterocycles. The van der Waals surface area contributed by atoms with Gasteiger partial charge >= 0.3 is 0 Å². The maximum Gasteiger partial charge on any atom is 0.272 e. The van der Waals surface area contributed by atoms with Crippen LogP contribution in [0.5, 0.6) is 0 Å². The Labute approximate surface area is 223 Å². The molecule has 3 aliphatic rings. The molecule has 2 aliphatic heterocycles. The lowest BCUT2D eigenvalue weighted by molar-refractivity contribution is 0.0637. The average molecular weight is 519 g/mol. The van der Waals surface area contributed by atoms with E-state index in [1.54, 1.807) is 12.3 Å². The molecule has 202 valence electrons. The summed E-state index contributed by atoms with van der Waals surface area (Å²) in [5.41, 5.74) is 2.90. The van der Waals surface area contributed by atoms with Crippen LogP contribution < -0.4 is 10.2 Å². The van der Waals surface area contributed by atoms with E-state index in [-0.39, 0.29) is 5.91 Å². The Bertz CT molecular complexity index is 1250. The van der Waals surface area contributed by atoms with Crippen LogP contribution in [0.4, 0.5) is 17.5 Å². The molecule has 11 nitrogen and oxygen atoms in total. The molecular weight excluding hydrogens is 480 g/mol. The van der Waals surface area contributed by atoms with Gasteiger partial charge in [0, 0.05) is 58.4 Å². The third kappa shape index (κ3) is 5.04. The van der Waals surface area contributed by atoms with Gasteiger partial charge in [-0.05, 0) is 38.6 Å². The maximum absolute atomic E-state index is 13.0. The van der Waals surface area contributed by atoms with Crippen molar-refractivity contribution in [3.05, 3.63) is 30.4 Å². The van der Waals surface area contributed by atoms with Crippen LogP contribution >= 0.6 is 0 Å². The van der Waals surface area contributed by atoms with E-state index in [0.717, 1.165) is 94.5 Å². The van der Waals surface area contributed by atoms with Crippen LogP contribution in [0.2, 0.25) is 0 Å². The second-order valence-corrected chi connectivity index (χ2v) is 10.7. The fraction of sp³-hybridized carbons (Fsp3) is 0.593. The summed E-state index contributed by atoms with van der Waals surface area (Å²) < 4.78 is 2.24. The molecule has 0 radical (unpaired) electrons. The number of carbonyl (C=O) groups excluding carboxylic acids is 1. The summed E-state index contributed by atoms with van der Waals surface area (Å²) in [6.45, 7) is 10.2. The molecule has 3 aromatic rings. The number of amides is 1. The highest BCUT2D eigenvalue weighted by Crippen LogP contribution is 2.34. The smallest absolute Gasteiger partial charge is 0.272 e. The number of anilines is 3. The van der Waals surface area contributed by atoms with Crippen molar-refractivity contribution in [3.8, 4) is 0 Å². The topological polar surface area (TPSA) is 98.5 Å². The van der Waals surface area contributed by atoms with Gasteiger partial charge in [0.05, 0.1) is 18.2 Å². The fourth-order valence-corrected chi connectivity index (χ4v) is 5.75. The third-order valence-electron chi connectivity index (χ3n) is 8.27. The zero-order valence-electron chi connectivity index (χ0n) is 22.5. The van der Waals surface area contributed by atoms with E-state index in [9.17, 15) is 4.79 Å². The minimum absolute atomic E-state index is 0.00983. The van der Waals surface area contributed by atoms with Gasteiger partial charge in [0.1, 0.15) is 5.69 Å². The normalized spacial score (nSPS) is 19.9. The molecule has 0 spiro atoms. The van der Waals surface area contributed by atoms with Crippen LogP contribution in [0.3, 0.4) is 0 Å². The standard InChI is InChI=1S/C27H38N10O/c1-3-34-12-16-35(17-13-34)26(38)22-9-8-20(18-28-22)30-24-23-25(37(19-29-23)21-6-4-5-7-21)32-27(31-24)36-14-10-33(2)11-15-36/h8-9,18-19,21H,3-7,10-17H2,1-2H3,(H,30,31,32). The van der Waals surface area contributed by atoms with Crippen LogP contribution in [0.1, 0.15) is 49.1 Å². The highest BCUT2D eigenvalue weighted by Gasteiger charge is 2.25. The van der Waals surface area contributed by atoms with Gasteiger partial charge in [-0.2, -0.15) is 9.97 Å².